The molecule has 0 aromatic heterocycles. The summed E-state index contributed by atoms with van der Waals surface area (Å²) in [6.07, 6.45) is 0. The third kappa shape index (κ3) is 0.914. The highest BCUT2D eigenvalue weighted by Gasteiger charge is 2.28. The van der Waals surface area contributed by atoms with Crippen molar-refractivity contribution >= 4 is 15.7 Å². The summed E-state index contributed by atoms with van der Waals surface area (Å²) in [5.41, 5.74) is 1.69. The van der Waals surface area contributed by atoms with Gasteiger partial charge in [-0.05, 0) is 11.6 Å². The molecule has 0 saturated carbocycles. The van der Waals surface area contributed by atoms with Crippen molar-refractivity contribution in [3.05, 3.63) is 29.8 Å². The van der Waals surface area contributed by atoms with Gasteiger partial charge in [0.25, 0.3) is 0 Å². The van der Waals surface area contributed by atoms with Crippen LogP contribution in [0.4, 0.5) is 5.69 Å². The summed E-state index contributed by atoms with van der Waals surface area (Å²) < 4.78 is 24.0. The van der Waals surface area contributed by atoms with E-state index in [-0.39, 0.29) is 5.75 Å². The highest BCUT2D eigenvalue weighted by Crippen LogP contribution is 2.31. The van der Waals surface area contributed by atoms with Crippen LogP contribution in [-0.4, -0.2) is 15.5 Å². The van der Waals surface area contributed by atoms with Crippen LogP contribution in [0.25, 0.3) is 0 Å². The van der Waals surface area contributed by atoms with Gasteiger partial charge in [-0.2, -0.15) is 0 Å². The molecule has 1 aliphatic rings. The van der Waals surface area contributed by atoms with E-state index in [1.807, 2.05) is 24.3 Å². The number of anilines is 1. The first-order valence-electron chi connectivity index (χ1n) is 3.66. The molecule has 1 aliphatic heterocycles. The Hall–Kier alpha value is -1.03. The van der Waals surface area contributed by atoms with Crippen LogP contribution in [0.2, 0.25) is 0 Å². The molecule has 0 unspecified atom stereocenters. The average Bonchev–Trinajstić information content (AvgIpc) is 2.24. The van der Waals surface area contributed by atoms with Crippen LogP contribution in [-0.2, 0) is 15.8 Å². The molecule has 0 radical (unpaired) electrons. The van der Waals surface area contributed by atoms with Crippen LogP contribution in [0.5, 0.6) is 0 Å². The molecule has 0 saturated heterocycles. The van der Waals surface area contributed by atoms with Crippen LogP contribution in [0.15, 0.2) is 24.3 Å². The standard InChI is InChI=1S/C8H9NO2S/c1-9-8-5-3-2-4-7(8)6-12(9,10)11/h2-5H,6H2,1H3. The van der Waals surface area contributed by atoms with Crippen molar-refractivity contribution in [1.29, 1.82) is 0 Å². The highest BCUT2D eigenvalue weighted by atomic mass is 32.2. The summed E-state index contributed by atoms with van der Waals surface area (Å²) >= 11 is 0. The van der Waals surface area contributed by atoms with Crippen molar-refractivity contribution in [3.8, 4) is 0 Å². The number of fused-ring (bicyclic) bond motifs is 1. The largest absolute Gasteiger partial charge is 0.273 e. The van der Waals surface area contributed by atoms with Crippen molar-refractivity contribution in [3.63, 3.8) is 0 Å². The third-order valence-electron chi connectivity index (χ3n) is 2.09. The van der Waals surface area contributed by atoms with E-state index in [2.05, 4.69) is 0 Å². The topological polar surface area (TPSA) is 37.4 Å². The Balaban J connectivity index is 2.64. The Kier molecular flexibility index (Phi) is 1.41. The van der Waals surface area contributed by atoms with Gasteiger partial charge in [-0.1, -0.05) is 18.2 Å². The van der Waals surface area contributed by atoms with Crippen molar-refractivity contribution in [1.82, 2.24) is 0 Å². The van der Waals surface area contributed by atoms with E-state index >= 15 is 0 Å². The van der Waals surface area contributed by atoms with Gasteiger partial charge in [0.1, 0.15) is 0 Å². The molecule has 4 heteroatoms. The van der Waals surface area contributed by atoms with Crippen LogP contribution in [0.3, 0.4) is 0 Å². The van der Waals surface area contributed by atoms with E-state index in [1.54, 1.807) is 7.05 Å². The zero-order valence-electron chi connectivity index (χ0n) is 6.69. The number of para-hydroxylation sites is 1. The van der Waals surface area contributed by atoms with Crippen LogP contribution in [0, 0.1) is 0 Å². The lowest BCUT2D eigenvalue weighted by Crippen LogP contribution is -2.20. The number of benzene rings is 1. The van der Waals surface area contributed by atoms with E-state index in [0.717, 1.165) is 11.3 Å². The number of hydrogen-bond acceptors (Lipinski definition) is 2. The molecule has 1 aromatic carbocycles. The van der Waals surface area contributed by atoms with Gasteiger partial charge in [-0.3, -0.25) is 4.31 Å². The third-order valence-corrected chi connectivity index (χ3v) is 3.79. The lowest BCUT2D eigenvalue weighted by Gasteiger charge is -2.09. The van der Waals surface area contributed by atoms with E-state index in [4.69, 9.17) is 0 Å². The first-order chi connectivity index (χ1) is 5.61. The zero-order valence-corrected chi connectivity index (χ0v) is 7.50. The van der Waals surface area contributed by atoms with Crippen molar-refractivity contribution in [2.75, 3.05) is 11.4 Å². The molecule has 12 heavy (non-hydrogen) atoms. The molecule has 64 valence electrons. The van der Waals surface area contributed by atoms with Gasteiger partial charge in [0.05, 0.1) is 11.4 Å². The fourth-order valence-corrected chi connectivity index (χ4v) is 2.69. The van der Waals surface area contributed by atoms with Gasteiger partial charge in [0.2, 0.25) is 10.0 Å². The number of nitrogens with zero attached hydrogens (tertiary/aromatic N) is 1. The highest BCUT2D eigenvalue weighted by molar-refractivity contribution is 7.92. The van der Waals surface area contributed by atoms with Gasteiger partial charge in [0.15, 0.2) is 0 Å². The Morgan fingerprint density at radius 2 is 2.00 bits per heavy atom. The molecule has 0 N–H and O–H groups in total. The molecular formula is C8H9NO2S. The van der Waals surface area contributed by atoms with E-state index in [1.165, 1.54) is 4.31 Å². The second-order valence-electron chi connectivity index (χ2n) is 2.85. The SMILES string of the molecule is CN1c2ccccc2CS1(=O)=O. The monoisotopic (exact) mass is 183 g/mol. The molecule has 0 aliphatic carbocycles. The van der Waals surface area contributed by atoms with Gasteiger partial charge < -0.3 is 0 Å². The molecule has 0 spiro atoms. The first kappa shape index (κ1) is 7.61. The van der Waals surface area contributed by atoms with Crippen LogP contribution >= 0.6 is 0 Å². The molecular weight excluding hydrogens is 174 g/mol. The van der Waals surface area contributed by atoms with Gasteiger partial charge >= 0.3 is 0 Å². The Bertz CT molecular complexity index is 411. The summed E-state index contributed by atoms with van der Waals surface area (Å²) in [7, 11) is -1.47. The summed E-state index contributed by atoms with van der Waals surface area (Å²) in [4.78, 5) is 0. The van der Waals surface area contributed by atoms with Gasteiger partial charge in [-0.15, -0.1) is 0 Å². The minimum atomic E-state index is -3.05. The Morgan fingerprint density at radius 1 is 1.33 bits per heavy atom. The molecule has 1 aromatic rings. The maximum Gasteiger partial charge on any atom is 0.239 e. The lowest BCUT2D eigenvalue weighted by molar-refractivity contribution is 0.596. The van der Waals surface area contributed by atoms with E-state index in [0.29, 0.717) is 0 Å². The van der Waals surface area contributed by atoms with Crippen molar-refractivity contribution in [2.45, 2.75) is 5.75 Å². The van der Waals surface area contributed by atoms with Crippen LogP contribution in [0.1, 0.15) is 5.56 Å². The van der Waals surface area contributed by atoms with Gasteiger partial charge in [-0.25, -0.2) is 8.42 Å². The van der Waals surface area contributed by atoms with Crippen molar-refractivity contribution in [2.24, 2.45) is 0 Å². The second-order valence-corrected chi connectivity index (χ2v) is 4.85. The fraction of sp³-hybridized carbons (Fsp3) is 0.250. The van der Waals surface area contributed by atoms with Gasteiger partial charge in [0, 0.05) is 7.05 Å². The van der Waals surface area contributed by atoms with Crippen LogP contribution < -0.4 is 4.31 Å². The summed E-state index contributed by atoms with van der Waals surface area (Å²) in [6.45, 7) is 0. The smallest absolute Gasteiger partial charge is 0.239 e. The molecule has 2 rings (SSSR count). The Morgan fingerprint density at radius 3 is 2.67 bits per heavy atom. The molecule has 3 nitrogen and oxygen atoms in total. The zero-order chi connectivity index (χ0) is 8.77. The molecule has 0 fully saturated rings. The molecule has 1 heterocycles. The molecule has 0 bridgehead atoms. The number of sulfonamides is 1. The molecule has 0 atom stereocenters. The normalized spacial score (nSPS) is 19.2. The summed E-state index contributed by atoms with van der Waals surface area (Å²) in [5, 5.41) is 0. The summed E-state index contributed by atoms with van der Waals surface area (Å²) in [5.74, 6) is 0.139. The quantitative estimate of drug-likeness (QED) is 0.601. The van der Waals surface area contributed by atoms with E-state index < -0.39 is 10.0 Å². The predicted octanol–water partition coefficient (Wildman–Crippen LogP) is 0.966. The Labute approximate surface area is 71.7 Å². The first-order valence-corrected chi connectivity index (χ1v) is 5.27. The molecule has 0 amide bonds. The maximum absolute atomic E-state index is 11.3. The average molecular weight is 183 g/mol. The predicted molar refractivity (Wildman–Crippen MR) is 47.5 cm³/mol. The fourth-order valence-electron chi connectivity index (χ4n) is 1.38. The number of hydrogen-bond donors (Lipinski definition) is 0. The summed E-state index contributed by atoms with van der Waals surface area (Å²) in [6, 6.07) is 7.36. The second kappa shape index (κ2) is 2.23. The maximum atomic E-state index is 11.3. The van der Waals surface area contributed by atoms with E-state index in [9.17, 15) is 8.42 Å². The number of rotatable bonds is 0. The van der Waals surface area contributed by atoms with Crippen molar-refractivity contribution < 1.29 is 8.42 Å². The lowest BCUT2D eigenvalue weighted by atomic mass is 10.2. The minimum absolute atomic E-state index is 0.139. The minimum Gasteiger partial charge on any atom is -0.273 e.